The SMILES string of the molecule is CCCCCCC(C)NC(=O)C=Cc1ccc2c(c1)OCO2. The summed E-state index contributed by atoms with van der Waals surface area (Å²) in [7, 11) is 0. The highest BCUT2D eigenvalue weighted by Gasteiger charge is 2.12. The molecule has 0 saturated carbocycles. The second kappa shape index (κ2) is 8.47. The van der Waals surface area contributed by atoms with Gasteiger partial charge in [0.05, 0.1) is 0 Å². The molecule has 0 radical (unpaired) electrons. The van der Waals surface area contributed by atoms with E-state index in [1.54, 1.807) is 12.2 Å². The van der Waals surface area contributed by atoms with Crippen molar-refractivity contribution in [2.24, 2.45) is 0 Å². The zero-order valence-corrected chi connectivity index (χ0v) is 13.4. The topological polar surface area (TPSA) is 47.6 Å². The van der Waals surface area contributed by atoms with E-state index in [0.29, 0.717) is 0 Å². The van der Waals surface area contributed by atoms with Gasteiger partial charge < -0.3 is 14.8 Å². The lowest BCUT2D eigenvalue weighted by atomic mass is 10.1. The summed E-state index contributed by atoms with van der Waals surface area (Å²) in [4.78, 5) is 11.9. The Hall–Kier alpha value is -1.97. The van der Waals surface area contributed by atoms with Crippen molar-refractivity contribution in [3.63, 3.8) is 0 Å². The lowest BCUT2D eigenvalue weighted by Gasteiger charge is -2.11. The first kappa shape index (κ1) is 16.4. The summed E-state index contributed by atoms with van der Waals surface area (Å²) in [6.07, 6.45) is 9.30. The van der Waals surface area contributed by atoms with E-state index in [4.69, 9.17) is 9.47 Å². The Labute approximate surface area is 132 Å². The van der Waals surface area contributed by atoms with E-state index < -0.39 is 0 Å². The lowest BCUT2D eigenvalue weighted by molar-refractivity contribution is -0.117. The number of benzene rings is 1. The highest BCUT2D eigenvalue weighted by Crippen LogP contribution is 2.32. The van der Waals surface area contributed by atoms with Crippen LogP contribution in [0, 0.1) is 0 Å². The number of amides is 1. The normalized spacial score (nSPS) is 14.3. The predicted octanol–water partition coefficient (Wildman–Crippen LogP) is 3.90. The number of carbonyl (C=O) groups excluding carboxylic acids is 1. The maximum atomic E-state index is 11.9. The van der Waals surface area contributed by atoms with Crippen LogP contribution in [0.5, 0.6) is 11.5 Å². The number of rotatable bonds is 8. The average Bonchev–Trinajstić information content (AvgIpc) is 2.97. The number of hydrogen-bond acceptors (Lipinski definition) is 3. The minimum Gasteiger partial charge on any atom is -0.454 e. The van der Waals surface area contributed by atoms with Gasteiger partial charge in [-0.25, -0.2) is 0 Å². The van der Waals surface area contributed by atoms with Crippen molar-refractivity contribution in [3.05, 3.63) is 29.8 Å². The fourth-order valence-corrected chi connectivity index (χ4v) is 2.43. The average molecular weight is 303 g/mol. The van der Waals surface area contributed by atoms with E-state index in [-0.39, 0.29) is 18.7 Å². The number of hydrogen-bond donors (Lipinski definition) is 1. The highest BCUT2D eigenvalue weighted by atomic mass is 16.7. The van der Waals surface area contributed by atoms with Gasteiger partial charge in [0.1, 0.15) is 0 Å². The molecule has 1 aliphatic rings. The van der Waals surface area contributed by atoms with Crippen molar-refractivity contribution in [3.8, 4) is 11.5 Å². The molecule has 0 fully saturated rings. The van der Waals surface area contributed by atoms with E-state index >= 15 is 0 Å². The molecule has 0 spiro atoms. The van der Waals surface area contributed by atoms with Crippen LogP contribution in [0.3, 0.4) is 0 Å². The second-order valence-corrected chi connectivity index (χ2v) is 5.71. The number of ether oxygens (including phenoxy) is 2. The Morgan fingerprint density at radius 2 is 2.09 bits per heavy atom. The van der Waals surface area contributed by atoms with E-state index in [1.807, 2.05) is 18.2 Å². The van der Waals surface area contributed by atoms with Gasteiger partial charge in [0, 0.05) is 12.1 Å². The maximum absolute atomic E-state index is 11.9. The van der Waals surface area contributed by atoms with E-state index in [0.717, 1.165) is 23.5 Å². The van der Waals surface area contributed by atoms with Crippen LogP contribution in [0.1, 0.15) is 51.5 Å². The Morgan fingerprint density at radius 3 is 2.91 bits per heavy atom. The van der Waals surface area contributed by atoms with Crippen molar-refractivity contribution >= 4 is 12.0 Å². The molecule has 0 aromatic heterocycles. The Bertz CT molecular complexity index is 525. The molecule has 1 aromatic carbocycles. The van der Waals surface area contributed by atoms with Gasteiger partial charge in [0.15, 0.2) is 11.5 Å². The largest absolute Gasteiger partial charge is 0.454 e. The molecule has 22 heavy (non-hydrogen) atoms. The molecule has 120 valence electrons. The number of fused-ring (bicyclic) bond motifs is 1. The first-order valence-electron chi connectivity index (χ1n) is 8.07. The summed E-state index contributed by atoms with van der Waals surface area (Å²) < 4.78 is 10.6. The highest BCUT2D eigenvalue weighted by molar-refractivity contribution is 5.92. The molecule has 4 nitrogen and oxygen atoms in total. The number of carbonyl (C=O) groups is 1. The van der Waals surface area contributed by atoms with Gasteiger partial charge >= 0.3 is 0 Å². The number of unbranched alkanes of at least 4 members (excludes halogenated alkanes) is 3. The third-order valence-corrected chi connectivity index (χ3v) is 3.70. The van der Waals surface area contributed by atoms with Gasteiger partial charge in [-0.15, -0.1) is 0 Å². The summed E-state index contributed by atoms with van der Waals surface area (Å²) in [5.74, 6) is 1.43. The molecule has 1 N–H and O–H groups in total. The van der Waals surface area contributed by atoms with Gasteiger partial charge in [-0.1, -0.05) is 38.7 Å². The zero-order chi connectivity index (χ0) is 15.8. The van der Waals surface area contributed by atoms with Gasteiger partial charge in [0.25, 0.3) is 0 Å². The quantitative estimate of drug-likeness (QED) is 0.585. The standard InChI is InChI=1S/C18H25NO3/c1-3-4-5-6-7-14(2)19-18(20)11-9-15-8-10-16-17(12-15)22-13-21-16/h8-12,14H,3-7,13H2,1-2H3,(H,19,20). The minimum absolute atomic E-state index is 0.0549. The van der Waals surface area contributed by atoms with Crippen LogP contribution < -0.4 is 14.8 Å². The van der Waals surface area contributed by atoms with Gasteiger partial charge in [-0.2, -0.15) is 0 Å². The van der Waals surface area contributed by atoms with Crippen molar-refractivity contribution < 1.29 is 14.3 Å². The van der Waals surface area contributed by atoms with Crippen LogP contribution in [-0.2, 0) is 4.79 Å². The molecule has 0 bridgehead atoms. The summed E-state index contributed by atoms with van der Waals surface area (Å²) in [5, 5.41) is 3.00. The van der Waals surface area contributed by atoms with E-state index in [9.17, 15) is 4.79 Å². The number of nitrogens with one attached hydrogen (secondary N) is 1. The molecular weight excluding hydrogens is 278 g/mol. The molecule has 0 aliphatic carbocycles. The molecule has 1 amide bonds. The molecular formula is C18H25NO3. The van der Waals surface area contributed by atoms with Crippen molar-refractivity contribution in [1.29, 1.82) is 0 Å². The first-order chi connectivity index (χ1) is 10.7. The molecule has 1 heterocycles. The predicted molar refractivity (Wildman–Crippen MR) is 88.0 cm³/mol. The summed E-state index contributed by atoms with van der Waals surface area (Å²) in [6, 6.07) is 5.85. The Morgan fingerprint density at radius 1 is 1.27 bits per heavy atom. The fraction of sp³-hybridized carbons (Fsp3) is 0.500. The third kappa shape index (κ3) is 5.10. The molecule has 1 aliphatic heterocycles. The molecule has 0 saturated heterocycles. The Kier molecular flexibility index (Phi) is 6.31. The second-order valence-electron chi connectivity index (χ2n) is 5.71. The zero-order valence-electron chi connectivity index (χ0n) is 13.4. The lowest BCUT2D eigenvalue weighted by Crippen LogP contribution is -2.30. The molecule has 1 atom stereocenters. The summed E-state index contributed by atoms with van der Waals surface area (Å²) in [6.45, 7) is 4.52. The maximum Gasteiger partial charge on any atom is 0.244 e. The van der Waals surface area contributed by atoms with Crippen LogP contribution >= 0.6 is 0 Å². The molecule has 2 rings (SSSR count). The van der Waals surface area contributed by atoms with Gasteiger partial charge in [0.2, 0.25) is 12.7 Å². The smallest absolute Gasteiger partial charge is 0.244 e. The van der Waals surface area contributed by atoms with Crippen molar-refractivity contribution in [2.75, 3.05) is 6.79 Å². The monoisotopic (exact) mass is 303 g/mol. The van der Waals surface area contributed by atoms with Crippen LogP contribution in [0.2, 0.25) is 0 Å². The van der Waals surface area contributed by atoms with Crippen LogP contribution in [0.25, 0.3) is 6.08 Å². The first-order valence-corrected chi connectivity index (χ1v) is 8.07. The fourth-order valence-electron chi connectivity index (χ4n) is 2.43. The van der Waals surface area contributed by atoms with Crippen LogP contribution in [-0.4, -0.2) is 18.7 Å². The minimum atomic E-state index is -0.0549. The van der Waals surface area contributed by atoms with Crippen LogP contribution in [0.15, 0.2) is 24.3 Å². The third-order valence-electron chi connectivity index (χ3n) is 3.70. The summed E-state index contributed by atoms with van der Waals surface area (Å²) >= 11 is 0. The van der Waals surface area contributed by atoms with Crippen molar-refractivity contribution in [1.82, 2.24) is 5.32 Å². The van der Waals surface area contributed by atoms with Gasteiger partial charge in [-0.05, 0) is 37.1 Å². The van der Waals surface area contributed by atoms with Crippen LogP contribution in [0.4, 0.5) is 0 Å². The van der Waals surface area contributed by atoms with Gasteiger partial charge in [-0.3, -0.25) is 4.79 Å². The van der Waals surface area contributed by atoms with Crippen molar-refractivity contribution in [2.45, 2.75) is 52.0 Å². The van der Waals surface area contributed by atoms with E-state index in [1.165, 1.54) is 25.7 Å². The molecule has 4 heteroatoms. The summed E-state index contributed by atoms with van der Waals surface area (Å²) in [5.41, 5.74) is 0.926. The Balaban J connectivity index is 1.76. The molecule has 1 aromatic rings. The van der Waals surface area contributed by atoms with E-state index in [2.05, 4.69) is 19.2 Å². The molecule has 1 unspecified atom stereocenters.